The zero-order chi connectivity index (χ0) is 15.5. The first-order chi connectivity index (χ1) is 10.7. The number of nitrogens with two attached hydrogens (primary N) is 1. The van der Waals surface area contributed by atoms with Crippen LogP contribution in [0.1, 0.15) is 17.3 Å². The molecular formula is C16H16N4O2. The van der Waals surface area contributed by atoms with Gasteiger partial charge in [0.25, 0.3) is 5.91 Å². The van der Waals surface area contributed by atoms with E-state index in [0.717, 1.165) is 28.2 Å². The number of nitrogen functional groups attached to an aromatic ring is 1. The van der Waals surface area contributed by atoms with Crippen molar-refractivity contribution in [1.29, 1.82) is 0 Å². The number of rotatable bonds is 4. The van der Waals surface area contributed by atoms with Gasteiger partial charge >= 0.3 is 0 Å². The Morgan fingerprint density at radius 1 is 1.32 bits per heavy atom. The Hall–Kier alpha value is -2.86. The van der Waals surface area contributed by atoms with E-state index in [1.807, 2.05) is 31.2 Å². The number of hydrogen-bond donors (Lipinski definition) is 3. The second kappa shape index (κ2) is 5.87. The number of carbonyl (C=O) groups excluding carboxylic acids is 1. The number of nitrogens with zero attached hydrogens (tertiary/aromatic N) is 1. The van der Waals surface area contributed by atoms with Crippen LogP contribution in [0.3, 0.4) is 0 Å². The molecule has 22 heavy (non-hydrogen) atoms. The lowest BCUT2D eigenvalue weighted by atomic mass is 10.2. The third-order valence-corrected chi connectivity index (χ3v) is 3.29. The van der Waals surface area contributed by atoms with E-state index in [1.165, 1.54) is 0 Å². The molecule has 0 atom stereocenters. The lowest BCUT2D eigenvalue weighted by Gasteiger charge is -2.03. The van der Waals surface area contributed by atoms with Gasteiger partial charge in [0.2, 0.25) is 0 Å². The SMILES string of the molecule is CCOc1cccc(-c2nc3ccc(C(=O)NN)cc3[nH]2)c1. The molecule has 0 spiro atoms. The first-order valence-electron chi connectivity index (χ1n) is 6.95. The minimum atomic E-state index is -0.337. The van der Waals surface area contributed by atoms with Crippen LogP contribution < -0.4 is 16.0 Å². The predicted octanol–water partition coefficient (Wildman–Crippen LogP) is 2.23. The molecule has 0 aliphatic carbocycles. The average Bonchev–Trinajstić information content (AvgIpc) is 2.98. The molecule has 0 aliphatic rings. The number of imidazole rings is 1. The van der Waals surface area contributed by atoms with Crippen LogP contribution >= 0.6 is 0 Å². The minimum absolute atomic E-state index is 0.337. The summed E-state index contributed by atoms with van der Waals surface area (Å²) in [6, 6.07) is 12.9. The van der Waals surface area contributed by atoms with Crippen LogP contribution in [0.5, 0.6) is 5.75 Å². The number of nitrogens with one attached hydrogen (secondary N) is 2. The van der Waals surface area contributed by atoms with Crippen LogP contribution in [0.25, 0.3) is 22.4 Å². The van der Waals surface area contributed by atoms with Crippen molar-refractivity contribution in [2.45, 2.75) is 6.92 Å². The van der Waals surface area contributed by atoms with Gasteiger partial charge in [0.05, 0.1) is 17.6 Å². The molecule has 0 saturated carbocycles. The summed E-state index contributed by atoms with van der Waals surface area (Å²) in [4.78, 5) is 19.3. The molecule has 1 amide bonds. The summed E-state index contributed by atoms with van der Waals surface area (Å²) in [7, 11) is 0. The highest BCUT2D eigenvalue weighted by Crippen LogP contribution is 2.24. The van der Waals surface area contributed by atoms with Crippen molar-refractivity contribution in [3.05, 3.63) is 48.0 Å². The van der Waals surface area contributed by atoms with E-state index in [2.05, 4.69) is 15.4 Å². The van der Waals surface area contributed by atoms with E-state index in [4.69, 9.17) is 10.6 Å². The normalized spacial score (nSPS) is 10.6. The molecule has 2 aromatic carbocycles. The number of hydrazine groups is 1. The Morgan fingerprint density at radius 3 is 2.95 bits per heavy atom. The van der Waals surface area contributed by atoms with Gasteiger partial charge < -0.3 is 9.72 Å². The first-order valence-corrected chi connectivity index (χ1v) is 6.95. The summed E-state index contributed by atoms with van der Waals surface area (Å²) >= 11 is 0. The van der Waals surface area contributed by atoms with Gasteiger partial charge in [-0.05, 0) is 37.3 Å². The molecule has 0 aliphatic heterocycles. The average molecular weight is 296 g/mol. The standard InChI is InChI=1S/C16H16N4O2/c1-2-22-12-5-3-4-10(8-12)15-18-13-7-6-11(16(21)20-17)9-14(13)19-15/h3-9H,2,17H2,1H3,(H,18,19)(H,20,21). The fourth-order valence-corrected chi connectivity index (χ4v) is 2.27. The van der Waals surface area contributed by atoms with E-state index < -0.39 is 0 Å². The predicted molar refractivity (Wildman–Crippen MR) is 84.4 cm³/mol. The van der Waals surface area contributed by atoms with Crippen molar-refractivity contribution in [2.75, 3.05) is 6.61 Å². The molecule has 6 heteroatoms. The van der Waals surface area contributed by atoms with Gasteiger partial charge in [-0.25, -0.2) is 10.8 Å². The molecule has 112 valence electrons. The summed E-state index contributed by atoms with van der Waals surface area (Å²) in [5.41, 5.74) is 5.08. The number of aromatic amines is 1. The molecule has 0 unspecified atom stereocenters. The zero-order valence-corrected chi connectivity index (χ0v) is 12.1. The van der Waals surface area contributed by atoms with Gasteiger partial charge in [0.1, 0.15) is 11.6 Å². The van der Waals surface area contributed by atoms with Crippen molar-refractivity contribution in [3.63, 3.8) is 0 Å². The second-order valence-corrected chi connectivity index (χ2v) is 4.75. The van der Waals surface area contributed by atoms with Gasteiger partial charge in [-0.15, -0.1) is 0 Å². The number of amides is 1. The molecule has 1 heterocycles. The van der Waals surface area contributed by atoms with Crippen LogP contribution in [0, 0.1) is 0 Å². The summed E-state index contributed by atoms with van der Waals surface area (Å²) in [6.07, 6.45) is 0. The van der Waals surface area contributed by atoms with Crippen LogP contribution in [0.4, 0.5) is 0 Å². The molecular weight excluding hydrogens is 280 g/mol. The maximum atomic E-state index is 11.6. The maximum absolute atomic E-state index is 11.6. The van der Waals surface area contributed by atoms with Crippen molar-refractivity contribution in [1.82, 2.24) is 15.4 Å². The molecule has 0 fully saturated rings. The summed E-state index contributed by atoms with van der Waals surface area (Å²) in [5.74, 6) is 6.33. The van der Waals surface area contributed by atoms with E-state index in [1.54, 1.807) is 18.2 Å². The summed E-state index contributed by atoms with van der Waals surface area (Å²) in [6.45, 7) is 2.55. The van der Waals surface area contributed by atoms with E-state index in [9.17, 15) is 4.79 Å². The zero-order valence-electron chi connectivity index (χ0n) is 12.1. The molecule has 3 aromatic rings. The van der Waals surface area contributed by atoms with Crippen molar-refractivity contribution >= 4 is 16.9 Å². The molecule has 0 radical (unpaired) electrons. The molecule has 0 bridgehead atoms. The van der Waals surface area contributed by atoms with E-state index in [-0.39, 0.29) is 5.91 Å². The number of carbonyl (C=O) groups is 1. The number of benzene rings is 2. The lowest BCUT2D eigenvalue weighted by molar-refractivity contribution is 0.0954. The molecule has 3 rings (SSSR count). The van der Waals surface area contributed by atoms with E-state index in [0.29, 0.717) is 12.2 Å². The number of fused-ring (bicyclic) bond motifs is 1. The summed E-state index contributed by atoms with van der Waals surface area (Å²) in [5, 5.41) is 0. The quantitative estimate of drug-likeness (QED) is 0.391. The molecule has 0 saturated heterocycles. The smallest absolute Gasteiger partial charge is 0.265 e. The fraction of sp³-hybridized carbons (Fsp3) is 0.125. The highest BCUT2D eigenvalue weighted by atomic mass is 16.5. The maximum Gasteiger partial charge on any atom is 0.265 e. The fourth-order valence-electron chi connectivity index (χ4n) is 2.27. The van der Waals surface area contributed by atoms with E-state index >= 15 is 0 Å². The Morgan fingerprint density at radius 2 is 2.18 bits per heavy atom. The first kappa shape index (κ1) is 14.1. The third-order valence-electron chi connectivity index (χ3n) is 3.29. The van der Waals surface area contributed by atoms with Crippen molar-refractivity contribution in [3.8, 4) is 17.1 Å². The van der Waals surface area contributed by atoms with Gasteiger partial charge in [-0.1, -0.05) is 12.1 Å². The number of hydrogen-bond acceptors (Lipinski definition) is 4. The van der Waals surface area contributed by atoms with Crippen LogP contribution in [0.15, 0.2) is 42.5 Å². The van der Waals surface area contributed by atoms with Crippen LogP contribution in [-0.2, 0) is 0 Å². The number of ether oxygens (including phenoxy) is 1. The van der Waals surface area contributed by atoms with Crippen LogP contribution in [-0.4, -0.2) is 22.5 Å². The van der Waals surface area contributed by atoms with Crippen LogP contribution in [0.2, 0.25) is 0 Å². The summed E-state index contributed by atoms with van der Waals surface area (Å²) < 4.78 is 5.50. The second-order valence-electron chi connectivity index (χ2n) is 4.75. The van der Waals surface area contributed by atoms with Gasteiger partial charge in [0.15, 0.2) is 0 Å². The number of H-pyrrole nitrogens is 1. The van der Waals surface area contributed by atoms with Gasteiger partial charge in [0, 0.05) is 11.1 Å². The van der Waals surface area contributed by atoms with Gasteiger partial charge in [-0.2, -0.15) is 0 Å². The number of aromatic nitrogens is 2. The van der Waals surface area contributed by atoms with Crippen molar-refractivity contribution in [2.24, 2.45) is 5.84 Å². The minimum Gasteiger partial charge on any atom is -0.494 e. The van der Waals surface area contributed by atoms with Crippen molar-refractivity contribution < 1.29 is 9.53 Å². The Labute approximate surface area is 127 Å². The Balaban J connectivity index is 2.01. The highest BCUT2D eigenvalue weighted by Gasteiger charge is 2.09. The molecule has 1 aromatic heterocycles. The monoisotopic (exact) mass is 296 g/mol. The third kappa shape index (κ3) is 2.64. The Bertz CT molecular complexity index is 826. The van der Waals surface area contributed by atoms with Gasteiger partial charge in [-0.3, -0.25) is 10.2 Å². The topological polar surface area (TPSA) is 93.0 Å². The molecule has 4 N–H and O–H groups in total. The Kier molecular flexibility index (Phi) is 3.76. The lowest BCUT2D eigenvalue weighted by Crippen LogP contribution is -2.29. The largest absolute Gasteiger partial charge is 0.494 e. The highest BCUT2D eigenvalue weighted by molar-refractivity contribution is 5.97. The molecule has 6 nitrogen and oxygen atoms in total.